The van der Waals surface area contributed by atoms with E-state index in [1.807, 2.05) is 50.2 Å². The zero-order valence-corrected chi connectivity index (χ0v) is 18.1. The number of ether oxygens (including phenoxy) is 2. The Balaban J connectivity index is 2.13. The van der Waals surface area contributed by atoms with Crippen molar-refractivity contribution in [2.75, 3.05) is 13.7 Å². The van der Waals surface area contributed by atoms with Crippen LogP contribution in [-0.2, 0) is 6.42 Å². The van der Waals surface area contributed by atoms with E-state index in [1.54, 1.807) is 7.11 Å². The van der Waals surface area contributed by atoms with Crippen LogP contribution in [0.1, 0.15) is 53.5 Å². The number of carboxylic acid groups (broad SMARTS) is 1. The summed E-state index contributed by atoms with van der Waals surface area (Å²) in [6, 6.07) is 13.6. The summed E-state index contributed by atoms with van der Waals surface area (Å²) in [5, 5.41) is 10.1. The van der Waals surface area contributed by atoms with Gasteiger partial charge in [0.15, 0.2) is 0 Å². The number of hydrogen-bond acceptors (Lipinski definition) is 4. The van der Waals surface area contributed by atoms with Crippen molar-refractivity contribution in [1.82, 2.24) is 9.55 Å². The summed E-state index contributed by atoms with van der Waals surface area (Å²) < 4.78 is 12.3. The SMILES string of the molecule is CCOc1nc([C@@H](C)c2cccc(C)c2C)n(C(=O)O)c1Cc1cccc(OC)c1. The van der Waals surface area contributed by atoms with E-state index in [2.05, 4.69) is 24.9 Å². The Morgan fingerprint density at radius 1 is 1.20 bits per heavy atom. The van der Waals surface area contributed by atoms with Gasteiger partial charge in [-0.2, -0.15) is 4.98 Å². The third kappa shape index (κ3) is 4.17. The summed E-state index contributed by atoms with van der Waals surface area (Å²) in [6.07, 6.45) is -0.704. The van der Waals surface area contributed by atoms with E-state index in [9.17, 15) is 9.90 Å². The van der Waals surface area contributed by atoms with Gasteiger partial charge in [-0.15, -0.1) is 0 Å². The quantitative estimate of drug-likeness (QED) is 0.583. The monoisotopic (exact) mass is 408 g/mol. The van der Waals surface area contributed by atoms with Crippen LogP contribution >= 0.6 is 0 Å². The van der Waals surface area contributed by atoms with Crippen molar-refractivity contribution in [2.45, 2.75) is 40.0 Å². The molecule has 2 aromatic carbocycles. The van der Waals surface area contributed by atoms with Crippen LogP contribution < -0.4 is 9.47 Å². The van der Waals surface area contributed by atoms with Crippen LogP contribution in [0.15, 0.2) is 42.5 Å². The van der Waals surface area contributed by atoms with E-state index in [0.29, 0.717) is 30.4 Å². The third-order valence-electron chi connectivity index (χ3n) is 5.44. The molecule has 1 N–H and O–H groups in total. The van der Waals surface area contributed by atoms with E-state index in [-0.39, 0.29) is 5.92 Å². The molecule has 0 aliphatic rings. The first-order valence-electron chi connectivity index (χ1n) is 10.0. The first-order valence-corrected chi connectivity index (χ1v) is 10.0. The molecule has 30 heavy (non-hydrogen) atoms. The van der Waals surface area contributed by atoms with Gasteiger partial charge in [-0.1, -0.05) is 37.3 Å². The molecular weight excluding hydrogens is 380 g/mol. The first-order chi connectivity index (χ1) is 14.4. The molecule has 3 rings (SSSR count). The van der Waals surface area contributed by atoms with Gasteiger partial charge >= 0.3 is 6.09 Å². The van der Waals surface area contributed by atoms with E-state index in [1.165, 1.54) is 4.57 Å². The molecule has 0 saturated carbocycles. The van der Waals surface area contributed by atoms with Gasteiger partial charge in [0.1, 0.15) is 11.6 Å². The number of imidazole rings is 1. The van der Waals surface area contributed by atoms with Crippen molar-refractivity contribution in [3.63, 3.8) is 0 Å². The van der Waals surface area contributed by atoms with Gasteiger partial charge in [-0.05, 0) is 55.2 Å². The van der Waals surface area contributed by atoms with Crippen LogP contribution in [0.25, 0.3) is 0 Å². The van der Waals surface area contributed by atoms with Gasteiger partial charge in [-0.25, -0.2) is 9.36 Å². The van der Waals surface area contributed by atoms with Crippen molar-refractivity contribution in [3.8, 4) is 11.6 Å². The van der Waals surface area contributed by atoms with Gasteiger partial charge in [-0.3, -0.25) is 0 Å². The number of carbonyl (C=O) groups is 1. The fraction of sp³-hybridized carbons (Fsp3) is 0.333. The Bertz CT molecular complexity index is 1060. The van der Waals surface area contributed by atoms with Crippen molar-refractivity contribution < 1.29 is 19.4 Å². The van der Waals surface area contributed by atoms with Crippen LogP contribution in [-0.4, -0.2) is 34.5 Å². The molecule has 1 aromatic heterocycles. The lowest BCUT2D eigenvalue weighted by atomic mass is 9.93. The molecule has 0 spiro atoms. The number of methoxy groups -OCH3 is 1. The van der Waals surface area contributed by atoms with Crippen LogP contribution in [0.3, 0.4) is 0 Å². The molecule has 158 valence electrons. The van der Waals surface area contributed by atoms with E-state index in [4.69, 9.17) is 9.47 Å². The van der Waals surface area contributed by atoms with Crippen molar-refractivity contribution in [3.05, 3.63) is 76.2 Å². The molecule has 0 aliphatic heterocycles. The molecule has 0 aliphatic carbocycles. The molecule has 0 radical (unpaired) electrons. The highest BCUT2D eigenvalue weighted by Crippen LogP contribution is 2.33. The second kappa shape index (κ2) is 9.03. The summed E-state index contributed by atoms with van der Waals surface area (Å²) in [7, 11) is 1.61. The number of nitrogens with zero attached hydrogens (tertiary/aromatic N) is 2. The van der Waals surface area contributed by atoms with Crippen LogP contribution in [0.4, 0.5) is 4.79 Å². The molecule has 0 amide bonds. The average molecular weight is 408 g/mol. The minimum absolute atomic E-state index is 0.209. The Labute approximate surface area is 177 Å². The normalized spacial score (nSPS) is 11.9. The molecular formula is C24H28N2O4. The summed E-state index contributed by atoms with van der Waals surface area (Å²) >= 11 is 0. The minimum Gasteiger partial charge on any atom is -0.497 e. The number of aromatic nitrogens is 2. The van der Waals surface area contributed by atoms with E-state index >= 15 is 0 Å². The fourth-order valence-corrected chi connectivity index (χ4v) is 3.72. The van der Waals surface area contributed by atoms with Crippen LogP contribution in [0.5, 0.6) is 11.6 Å². The Morgan fingerprint density at radius 2 is 1.93 bits per heavy atom. The third-order valence-corrected chi connectivity index (χ3v) is 5.44. The maximum absolute atomic E-state index is 12.3. The average Bonchev–Trinajstić information content (AvgIpc) is 3.08. The van der Waals surface area contributed by atoms with E-state index in [0.717, 1.165) is 28.0 Å². The lowest BCUT2D eigenvalue weighted by molar-refractivity contribution is 0.194. The Hall–Kier alpha value is -3.28. The molecule has 0 unspecified atom stereocenters. The molecule has 0 fully saturated rings. The fourth-order valence-electron chi connectivity index (χ4n) is 3.72. The van der Waals surface area contributed by atoms with Gasteiger partial charge in [0.2, 0.25) is 5.88 Å². The van der Waals surface area contributed by atoms with Crippen LogP contribution in [0, 0.1) is 13.8 Å². The van der Waals surface area contributed by atoms with Gasteiger partial charge in [0.05, 0.1) is 19.4 Å². The highest BCUT2D eigenvalue weighted by molar-refractivity contribution is 5.71. The van der Waals surface area contributed by atoms with Gasteiger partial charge in [0, 0.05) is 12.3 Å². The Morgan fingerprint density at radius 3 is 2.60 bits per heavy atom. The van der Waals surface area contributed by atoms with Crippen LogP contribution in [0.2, 0.25) is 0 Å². The minimum atomic E-state index is -1.07. The van der Waals surface area contributed by atoms with Gasteiger partial charge in [0.25, 0.3) is 0 Å². The zero-order valence-electron chi connectivity index (χ0n) is 18.1. The number of aryl methyl sites for hydroxylation is 1. The van der Waals surface area contributed by atoms with Crippen molar-refractivity contribution >= 4 is 6.09 Å². The summed E-state index contributed by atoms with van der Waals surface area (Å²) in [4.78, 5) is 16.9. The lowest BCUT2D eigenvalue weighted by Gasteiger charge is -2.16. The number of rotatable bonds is 7. The highest BCUT2D eigenvalue weighted by atomic mass is 16.5. The molecule has 6 nitrogen and oxygen atoms in total. The summed E-state index contributed by atoms with van der Waals surface area (Å²) in [6.45, 7) is 8.35. The molecule has 6 heteroatoms. The topological polar surface area (TPSA) is 73.6 Å². The molecule has 3 aromatic rings. The van der Waals surface area contributed by atoms with E-state index < -0.39 is 6.09 Å². The second-order valence-electron chi connectivity index (χ2n) is 7.31. The van der Waals surface area contributed by atoms with Gasteiger partial charge < -0.3 is 14.6 Å². The number of hydrogen-bond donors (Lipinski definition) is 1. The zero-order chi connectivity index (χ0) is 21.8. The predicted molar refractivity (Wildman–Crippen MR) is 116 cm³/mol. The standard InChI is InChI=1S/C24H28N2O4/c1-6-30-23-21(14-18-10-8-11-19(13-18)29-5)26(24(27)28)22(25-23)17(4)20-12-7-9-15(2)16(20)3/h7-13,17H,6,14H2,1-5H3,(H,27,28)/t17-/m0/s1. The molecule has 0 bridgehead atoms. The second-order valence-corrected chi connectivity index (χ2v) is 7.31. The maximum Gasteiger partial charge on any atom is 0.417 e. The maximum atomic E-state index is 12.3. The number of benzene rings is 2. The predicted octanol–water partition coefficient (Wildman–Crippen LogP) is 5.18. The summed E-state index contributed by atoms with van der Waals surface area (Å²) in [5.41, 5.74) is 4.79. The highest BCUT2D eigenvalue weighted by Gasteiger charge is 2.27. The first kappa shape index (κ1) is 21.4. The summed E-state index contributed by atoms with van der Waals surface area (Å²) in [5.74, 6) is 1.32. The molecule has 1 heterocycles. The van der Waals surface area contributed by atoms with Crippen molar-refractivity contribution in [1.29, 1.82) is 0 Å². The smallest absolute Gasteiger partial charge is 0.417 e. The molecule has 1 atom stereocenters. The van der Waals surface area contributed by atoms with Crippen molar-refractivity contribution in [2.24, 2.45) is 0 Å². The Kier molecular flexibility index (Phi) is 6.45. The lowest BCUT2D eigenvalue weighted by Crippen LogP contribution is -2.18. The molecule has 0 saturated heterocycles. The largest absolute Gasteiger partial charge is 0.497 e.